The topological polar surface area (TPSA) is 334 Å². The first-order valence-corrected chi connectivity index (χ1v) is 26.7. The number of carboxylic acid groups (broad SMARTS) is 1. The highest BCUT2D eigenvalue weighted by molar-refractivity contribution is 5.76. The molecule has 27 atom stereocenters. The number of ether oxygens (including phenoxy) is 8. The van der Waals surface area contributed by atoms with E-state index in [1.54, 1.807) is 0 Å². The van der Waals surface area contributed by atoms with E-state index in [1.165, 1.54) is 12.5 Å². The summed E-state index contributed by atoms with van der Waals surface area (Å²) in [7, 11) is 0. The van der Waals surface area contributed by atoms with Crippen molar-refractivity contribution in [2.75, 3.05) is 26.4 Å². The zero-order chi connectivity index (χ0) is 53.1. The van der Waals surface area contributed by atoms with Crippen molar-refractivity contribution >= 4 is 5.97 Å². The minimum absolute atomic E-state index is 0.0263. The fraction of sp³-hybridized carbons (Fsp3) is 0.942. The summed E-state index contributed by atoms with van der Waals surface area (Å²) in [6.07, 6.45) is -19.7. The number of hydrogen-bond acceptors (Lipinski definition) is 20. The predicted molar refractivity (Wildman–Crippen MR) is 251 cm³/mol. The van der Waals surface area contributed by atoms with Crippen LogP contribution in [0.15, 0.2) is 11.6 Å². The number of fused-ring (bicyclic) bond motifs is 7. The van der Waals surface area contributed by atoms with Crippen LogP contribution >= 0.6 is 0 Å². The van der Waals surface area contributed by atoms with Gasteiger partial charge in [-0.2, -0.15) is 0 Å². The number of hydrogen-bond donors (Lipinski definition) is 12. The van der Waals surface area contributed by atoms with Crippen LogP contribution in [0.3, 0.4) is 0 Å². The molecule has 4 heterocycles. The van der Waals surface area contributed by atoms with Crippen molar-refractivity contribution in [2.45, 2.75) is 229 Å². The Hall–Kier alpha value is -1.55. The molecule has 0 radical (unpaired) electrons. The van der Waals surface area contributed by atoms with Crippen molar-refractivity contribution in [2.24, 2.45) is 50.2 Å². The first-order valence-electron chi connectivity index (χ1n) is 26.7. The lowest BCUT2D eigenvalue weighted by Gasteiger charge is -2.71. The maximum atomic E-state index is 13.2. The van der Waals surface area contributed by atoms with Gasteiger partial charge in [-0.3, -0.25) is 4.79 Å². The molecule has 0 amide bonds. The van der Waals surface area contributed by atoms with E-state index in [0.717, 1.165) is 38.5 Å². The molecule has 3 unspecified atom stereocenters. The highest BCUT2D eigenvalue weighted by Crippen LogP contribution is 2.76. The fourth-order valence-corrected chi connectivity index (χ4v) is 16.0. The molecule has 4 aliphatic heterocycles. The number of carbonyl (C=O) groups is 1. The van der Waals surface area contributed by atoms with Gasteiger partial charge in [-0.25, -0.2) is 0 Å². The van der Waals surface area contributed by atoms with Gasteiger partial charge in [0.15, 0.2) is 25.2 Å². The molecule has 5 aliphatic carbocycles. The highest BCUT2D eigenvalue weighted by Gasteiger charge is 2.70. The lowest BCUT2D eigenvalue weighted by Crippen LogP contribution is -2.67. The van der Waals surface area contributed by atoms with E-state index in [1.807, 2.05) is 6.92 Å². The molecule has 21 heteroatoms. The van der Waals surface area contributed by atoms with Crippen LogP contribution in [-0.4, -0.2) is 210 Å². The second kappa shape index (κ2) is 20.3. The van der Waals surface area contributed by atoms with Crippen LogP contribution < -0.4 is 0 Å². The third-order valence-corrected chi connectivity index (χ3v) is 20.8. The number of allylic oxidation sites excluding steroid dienone is 2. The van der Waals surface area contributed by atoms with Gasteiger partial charge in [0, 0.05) is 5.41 Å². The molecule has 0 spiro atoms. The molecule has 0 bridgehead atoms. The average molecular weight is 1050 g/mol. The van der Waals surface area contributed by atoms with E-state index in [0.29, 0.717) is 25.7 Å². The van der Waals surface area contributed by atoms with Crippen LogP contribution in [0.5, 0.6) is 0 Å². The van der Waals surface area contributed by atoms with Crippen LogP contribution in [0.1, 0.15) is 113 Å². The van der Waals surface area contributed by atoms with Crippen LogP contribution in [0.25, 0.3) is 0 Å². The minimum Gasteiger partial charge on any atom is -0.481 e. The molecule has 418 valence electrons. The van der Waals surface area contributed by atoms with Crippen molar-refractivity contribution in [3.8, 4) is 0 Å². The van der Waals surface area contributed by atoms with Gasteiger partial charge in [-0.15, -0.1) is 0 Å². The summed E-state index contributed by atoms with van der Waals surface area (Å²) < 4.78 is 48.5. The summed E-state index contributed by atoms with van der Waals surface area (Å²) in [5.74, 6) is -0.589. The maximum absolute atomic E-state index is 13.2. The molecule has 0 aromatic carbocycles. The van der Waals surface area contributed by atoms with E-state index in [2.05, 4.69) is 40.7 Å². The molecule has 0 aromatic heterocycles. The van der Waals surface area contributed by atoms with Gasteiger partial charge in [-0.1, -0.05) is 53.2 Å². The van der Waals surface area contributed by atoms with E-state index < -0.39 is 153 Å². The summed E-state index contributed by atoms with van der Waals surface area (Å²) in [5.41, 5.74) is -0.985. The molecule has 21 nitrogen and oxygen atoms in total. The first kappa shape index (κ1) is 56.2. The molecule has 0 aromatic rings. The molecule has 4 saturated carbocycles. The Morgan fingerprint density at radius 2 is 1.30 bits per heavy atom. The minimum atomic E-state index is -1.86. The Morgan fingerprint density at radius 1 is 0.644 bits per heavy atom. The first-order chi connectivity index (χ1) is 34.2. The fourth-order valence-electron chi connectivity index (χ4n) is 16.0. The lowest BCUT2D eigenvalue weighted by atomic mass is 9.33. The smallest absolute Gasteiger partial charge is 0.310 e. The van der Waals surface area contributed by atoms with Gasteiger partial charge in [0.05, 0.1) is 44.1 Å². The van der Waals surface area contributed by atoms with Crippen molar-refractivity contribution < 1.29 is 104 Å². The van der Waals surface area contributed by atoms with Crippen LogP contribution in [0.4, 0.5) is 0 Å². The predicted octanol–water partition coefficient (Wildman–Crippen LogP) is -0.191. The van der Waals surface area contributed by atoms with Crippen LogP contribution in [0, 0.1) is 50.2 Å². The number of aliphatic hydroxyl groups excluding tert-OH is 11. The van der Waals surface area contributed by atoms with Gasteiger partial charge in [0.1, 0.15) is 79.4 Å². The second-order valence-corrected chi connectivity index (χ2v) is 25.2. The molecule has 9 rings (SSSR count). The SMILES string of the molecule is C[C@@H]1O[C@@H](O[C@H]2[C@H](O[C@H]3CC[C@@]4(C)C(CC[C@]5(C)C4CC=C4C6CC(C)(C)CC[C@]6(C(=O)O)CC[C@]45C)[C@]3(C)CO)OC[C@H](O[C@@H]3O[C@H](CO)[C@@H](O)[C@H](O)[C@H]3O)[C@@H]2O)[C@H](O)[C@H](O[C@@H]2OC[C@@H](O)[C@@H](O)[C@H]2O)[C@H]1O. The number of rotatable bonds is 11. The Bertz CT molecular complexity index is 2010. The molecular formula is C52H84O21. The second-order valence-electron chi connectivity index (χ2n) is 25.2. The number of aliphatic hydroxyl groups is 11. The standard InChI is InChI=1S/C52H84O21/c1-23-32(56)40(72-42-37(61)33(57)26(55)20-66-42)39(63)44(68-23)73-41-35(59)28(70-43-38(62)36(60)34(58)27(19-53)69-43)21-67-45(41)71-31-11-12-48(4)29(49(31,5)22-54)10-13-51(7)30(48)9-8-24-25-18-47(2,3)14-16-52(25,46(64)65)17-15-50(24,51)6/h8,23,25-45,53-63H,9-22H2,1-7H3,(H,64,65)/t23-,25?,26+,27+,28-,29?,30?,31-,32-,33+,34+,35-,36-,37+,38+,39+,40+,41+,42-,43-,44-,45-,48-,49-,50+,51+,52-/m0/s1. The van der Waals surface area contributed by atoms with Crippen molar-refractivity contribution in [1.29, 1.82) is 0 Å². The van der Waals surface area contributed by atoms with Gasteiger partial charge in [0.25, 0.3) is 0 Å². The average Bonchev–Trinajstić information content (AvgIpc) is 3.34. The molecular weight excluding hydrogens is 961 g/mol. The van der Waals surface area contributed by atoms with Gasteiger partial charge < -0.3 is 99.2 Å². The van der Waals surface area contributed by atoms with Gasteiger partial charge in [0.2, 0.25) is 0 Å². The molecule has 4 saturated heterocycles. The Balaban J connectivity index is 0.982. The zero-order valence-corrected chi connectivity index (χ0v) is 43.2. The summed E-state index contributed by atoms with van der Waals surface area (Å²) >= 11 is 0. The lowest BCUT2D eigenvalue weighted by molar-refractivity contribution is -0.389. The van der Waals surface area contributed by atoms with Crippen molar-refractivity contribution in [3.05, 3.63) is 11.6 Å². The molecule has 9 aliphatic rings. The van der Waals surface area contributed by atoms with E-state index in [4.69, 9.17) is 37.9 Å². The van der Waals surface area contributed by atoms with Crippen LogP contribution in [-0.2, 0) is 42.7 Å². The third-order valence-electron chi connectivity index (χ3n) is 20.8. The summed E-state index contributed by atoms with van der Waals surface area (Å²) in [6.45, 7) is 13.3. The van der Waals surface area contributed by atoms with Crippen LogP contribution in [0.2, 0.25) is 0 Å². The number of carboxylic acids is 1. The van der Waals surface area contributed by atoms with Gasteiger partial charge in [-0.05, 0) is 111 Å². The summed E-state index contributed by atoms with van der Waals surface area (Å²) in [5, 5.41) is 130. The normalized spacial score (nSPS) is 55.0. The monoisotopic (exact) mass is 1040 g/mol. The Kier molecular flexibility index (Phi) is 15.6. The van der Waals surface area contributed by atoms with Gasteiger partial charge >= 0.3 is 5.97 Å². The summed E-state index contributed by atoms with van der Waals surface area (Å²) in [6, 6.07) is 0. The Morgan fingerprint density at radius 3 is 1.99 bits per heavy atom. The quantitative estimate of drug-likeness (QED) is 0.0942. The van der Waals surface area contributed by atoms with E-state index in [9.17, 15) is 66.1 Å². The van der Waals surface area contributed by atoms with E-state index >= 15 is 0 Å². The molecule has 8 fully saturated rings. The molecule has 12 N–H and O–H groups in total. The highest BCUT2D eigenvalue weighted by atomic mass is 16.8. The number of aliphatic carboxylic acids is 1. The van der Waals surface area contributed by atoms with Crippen molar-refractivity contribution in [3.63, 3.8) is 0 Å². The zero-order valence-electron chi connectivity index (χ0n) is 43.2. The third kappa shape index (κ3) is 9.10. The maximum Gasteiger partial charge on any atom is 0.310 e. The largest absolute Gasteiger partial charge is 0.481 e. The molecule has 73 heavy (non-hydrogen) atoms. The summed E-state index contributed by atoms with van der Waals surface area (Å²) in [4.78, 5) is 13.2. The van der Waals surface area contributed by atoms with E-state index in [-0.39, 0.29) is 46.0 Å². The van der Waals surface area contributed by atoms with Crippen molar-refractivity contribution in [1.82, 2.24) is 0 Å². The Labute approximate surface area is 426 Å².